The molecule has 1 aliphatic heterocycles. The monoisotopic (exact) mass is 180 g/mol. The quantitative estimate of drug-likeness (QED) is 0.566. The zero-order valence-corrected chi connectivity index (χ0v) is 7.17. The fourth-order valence-corrected chi connectivity index (χ4v) is 1.61. The van der Waals surface area contributed by atoms with Gasteiger partial charge in [0.1, 0.15) is 0 Å². The molecule has 2 rings (SSSR count). The lowest BCUT2D eigenvalue weighted by molar-refractivity contribution is 0.592. The van der Waals surface area contributed by atoms with Gasteiger partial charge in [-0.25, -0.2) is 0 Å². The zero-order valence-electron chi connectivity index (χ0n) is 5.53. The van der Waals surface area contributed by atoms with Gasteiger partial charge >= 0.3 is 0 Å². The van der Waals surface area contributed by atoms with Crippen molar-refractivity contribution in [3.8, 4) is 0 Å². The molecule has 0 spiro atoms. The molecule has 0 bridgehead atoms. The van der Waals surface area contributed by atoms with Crippen LogP contribution < -0.4 is 0 Å². The Balaban J connectivity index is 2.69. The molecule has 0 atom stereocenters. The Morgan fingerprint density at radius 2 is 1.36 bits per heavy atom. The highest BCUT2D eigenvalue weighted by atomic mass is 32.1. The number of benzene rings is 1. The van der Waals surface area contributed by atoms with Crippen molar-refractivity contribution in [2.24, 2.45) is 0 Å². The standard InChI is InChI=1S/C8H4OS2/c10-7-5-3-1-2-4-6(5)8(11)9-7/h1-4H. The van der Waals surface area contributed by atoms with Gasteiger partial charge in [0, 0.05) is 11.1 Å². The van der Waals surface area contributed by atoms with Crippen molar-refractivity contribution in [2.45, 2.75) is 0 Å². The van der Waals surface area contributed by atoms with Crippen LogP contribution in [0.15, 0.2) is 24.3 Å². The number of hydrogen-bond donors (Lipinski definition) is 0. The highest BCUT2D eigenvalue weighted by molar-refractivity contribution is 7.82. The molecule has 1 heterocycles. The second-order valence-corrected chi connectivity index (χ2v) is 2.96. The van der Waals surface area contributed by atoms with Crippen molar-refractivity contribution >= 4 is 34.5 Å². The Hall–Kier alpha value is -0.800. The Labute approximate surface area is 75.0 Å². The number of ether oxygens (including phenoxy) is 1. The summed E-state index contributed by atoms with van der Waals surface area (Å²) in [5.74, 6) is 0. The van der Waals surface area contributed by atoms with Gasteiger partial charge in [-0.05, 0) is 36.6 Å². The minimum Gasteiger partial charge on any atom is -0.433 e. The highest BCUT2D eigenvalue weighted by Crippen LogP contribution is 2.20. The molecule has 1 nitrogen and oxygen atoms in total. The lowest BCUT2D eigenvalue weighted by atomic mass is 10.1. The molecule has 0 aliphatic carbocycles. The molecule has 3 heteroatoms. The van der Waals surface area contributed by atoms with E-state index in [1.807, 2.05) is 24.3 Å². The van der Waals surface area contributed by atoms with E-state index in [1.54, 1.807) is 0 Å². The first-order valence-electron chi connectivity index (χ1n) is 3.14. The Bertz CT molecular complexity index is 311. The van der Waals surface area contributed by atoms with E-state index in [-0.39, 0.29) is 0 Å². The van der Waals surface area contributed by atoms with E-state index in [4.69, 9.17) is 29.2 Å². The fourth-order valence-electron chi connectivity index (χ4n) is 1.03. The van der Waals surface area contributed by atoms with E-state index < -0.39 is 0 Å². The summed E-state index contributed by atoms with van der Waals surface area (Å²) in [4.78, 5) is 0. The first-order valence-corrected chi connectivity index (χ1v) is 3.96. The second kappa shape index (κ2) is 2.36. The molecule has 0 saturated heterocycles. The van der Waals surface area contributed by atoms with Crippen LogP contribution in [0.4, 0.5) is 0 Å². The van der Waals surface area contributed by atoms with Crippen molar-refractivity contribution < 1.29 is 4.74 Å². The molecule has 0 aromatic heterocycles. The van der Waals surface area contributed by atoms with Crippen molar-refractivity contribution in [3.63, 3.8) is 0 Å². The Morgan fingerprint density at radius 3 is 1.82 bits per heavy atom. The first-order chi connectivity index (χ1) is 5.29. The van der Waals surface area contributed by atoms with Crippen LogP contribution in [-0.2, 0) is 4.74 Å². The summed E-state index contributed by atoms with van der Waals surface area (Å²) < 4.78 is 5.09. The molecular weight excluding hydrogens is 176 g/mol. The predicted octanol–water partition coefficient (Wildman–Crippen LogP) is 2.07. The highest BCUT2D eigenvalue weighted by Gasteiger charge is 2.21. The summed E-state index contributed by atoms with van der Waals surface area (Å²) >= 11 is 9.88. The van der Waals surface area contributed by atoms with E-state index in [2.05, 4.69) is 0 Å². The second-order valence-electron chi connectivity index (χ2n) is 2.22. The normalized spacial score (nSPS) is 14.5. The maximum absolute atomic E-state index is 5.09. The van der Waals surface area contributed by atoms with E-state index in [1.165, 1.54) is 0 Å². The zero-order chi connectivity index (χ0) is 7.84. The van der Waals surface area contributed by atoms with Crippen molar-refractivity contribution in [2.75, 3.05) is 0 Å². The van der Waals surface area contributed by atoms with Gasteiger partial charge in [-0.2, -0.15) is 0 Å². The van der Waals surface area contributed by atoms with Crippen LogP contribution in [-0.4, -0.2) is 10.1 Å². The molecule has 11 heavy (non-hydrogen) atoms. The average Bonchev–Trinajstić information content (AvgIpc) is 2.30. The third kappa shape index (κ3) is 0.968. The van der Waals surface area contributed by atoms with Gasteiger partial charge < -0.3 is 4.74 Å². The lowest BCUT2D eigenvalue weighted by Gasteiger charge is -1.89. The van der Waals surface area contributed by atoms with Crippen LogP contribution in [0.25, 0.3) is 0 Å². The molecular formula is C8H4OS2. The SMILES string of the molecule is S=C1OC(=S)c2ccccc21. The van der Waals surface area contributed by atoms with Gasteiger partial charge in [-0.3, -0.25) is 0 Å². The molecule has 0 saturated carbocycles. The van der Waals surface area contributed by atoms with Crippen molar-refractivity contribution in [1.29, 1.82) is 0 Å². The molecule has 0 unspecified atom stereocenters. The van der Waals surface area contributed by atoms with Gasteiger partial charge in [-0.1, -0.05) is 12.1 Å². The van der Waals surface area contributed by atoms with Crippen LogP contribution in [0.5, 0.6) is 0 Å². The van der Waals surface area contributed by atoms with Gasteiger partial charge in [0.25, 0.3) is 0 Å². The predicted molar refractivity (Wildman–Crippen MR) is 50.9 cm³/mol. The smallest absolute Gasteiger partial charge is 0.200 e. The summed E-state index contributed by atoms with van der Waals surface area (Å²) in [6.45, 7) is 0. The van der Waals surface area contributed by atoms with Crippen molar-refractivity contribution in [3.05, 3.63) is 35.4 Å². The first kappa shape index (κ1) is 6.88. The van der Waals surface area contributed by atoms with Gasteiger partial charge in [0.15, 0.2) is 10.1 Å². The van der Waals surface area contributed by atoms with Gasteiger partial charge in [-0.15, -0.1) is 0 Å². The van der Waals surface area contributed by atoms with E-state index in [0.717, 1.165) is 11.1 Å². The topological polar surface area (TPSA) is 9.23 Å². The largest absolute Gasteiger partial charge is 0.433 e. The van der Waals surface area contributed by atoms with Crippen LogP contribution in [0, 0.1) is 0 Å². The molecule has 0 N–H and O–H groups in total. The Morgan fingerprint density at radius 1 is 0.909 bits per heavy atom. The number of fused-ring (bicyclic) bond motifs is 1. The number of thiocarbonyl (C=S) groups is 2. The van der Waals surface area contributed by atoms with E-state index in [9.17, 15) is 0 Å². The average molecular weight is 180 g/mol. The summed E-state index contributed by atoms with van der Waals surface area (Å²) in [7, 11) is 0. The molecule has 1 aromatic rings. The lowest BCUT2D eigenvalue weighted by Crippen LogP contribution is -1.94. The van der Waals surface area contributed by atoms with Gasteiger partial charge in [0.05, 0.1) is 0 Å². The van der Waals surface area contributed by atoms with Crippen molar-refractivity contribution in [1.82, 2.24) is 0 Å². The van der Waals surface area contributed by atoms with Crippen LogP contribution >= 0.6 is 24.4 Å². The van der Waals surface area contributed by atoms with Crippen LogP contribution in [0.3, 0.4) is 0 Å². The maximum atomic E-state index is 5.09. The molecule has 0 radical (unpaired) electrons. The number of rotatable bonds is 0. The van der Waals surface area contributed by atoms with Crippen LogP contribution in [0.1, 0.15) is 11.1 Å². The Kier molecular flexibility index (Phi) is 1.47. The minimum absolute atomic E-state index is 0.491. The summed E-state index contributed by atoms with van der Waals surface area (Å²) in [5, 5.41) is 0.983. The fraction of sp³-hybridized carbons (Fsp3) is 0. The number of hydrogen-bond acceptors (Lipinski definition) is 3. The maximum Gasteiger partial charge on any atom is 0.200 e. The summed E-state index contributed by atoms with van der Waals surface area (Å²) in [6.07, 6.45) is 0. The van der Waals surface area contributed by atoms with Gasteiger partial charge in [0.2, 0.25) is 0 Å². The third-order valence-electron chi connectivity index (χ3n) is 1.55. The van der Waals surface area contributed by atoms with E-state index >= 15 is 0 Å². The molecule has 1 aromatic carbocycles. The third-order valence-corrected chi connectivity index (χ3v) is 2.16. The van der Waals surface area contributed by atoms with E-state index in [0.29, 0.717) is 10.1 Å². The molecule has 54 valence electrons. The minimum atomic E-state index is 0.491. The summed E-state index contributed by atoms with van der Waals surface area (Å²) in [6, 6.07) is 7.67. The van der Waals surface area contributed by atoms with Crippen LogP contribution in [0.2, 0.25) is 0 Å². The summed E-state index contributed by atoms with van der Waals surface area (Å²) in [5.41, 5.74) is 1.88. The molecule has 0 fully saturated rings. The molecule has 0 amide bonds. The molecule has 1 aliphatic rings.